The van der Waals surface area contributed by atoms with Crippen molar-refractivity contribution in [2.45, 2.75) is 6.54 Å². The average molecular weight is 440 g/mol. The van der Waals surface area contributed by atoms with Crippen molar-refractivity contribution in [1.82, 2.24) is 0 Å². The molecule has 0 aromatic heterocycles. The molecule has 3 N–H and O–H groups in total. The second-order valence-corrected chi connectivity index (χ2v) is 7.22. The molecule has 0 unspecified atom stereocenters. The van der Waals surface area contributed by atoms with Crippen LogP contribution in [-0.4, -0.2) is 11.0 Å². The highest BCUT2D eigenvalue weighted by atomic mass is 35.5. The van der Waals surface area contributed by atoms with Gasteiger partial charge in [0.15, 0.2) is 0 Å². The van der Waals surface area contributed by atoms with E-state index in [9.17, 15) is 14.3 Å². The fourth-order valence-electron chi connectivity index (χ4n) is 2.52. The number of hydrogen-bond donors (Lipinski definition) is 3. The van der Waals surface area contributed by atoms with Gasteiger partial charge in [-0.05, 0) is 60.2 Å². The topological polar surface area (TPSA) is 61.4 Å². The Labute approximate surface area is 175 Å². The summed E-state index contributed by atoms with van der Waals surface area (Å²) in [4.78, 5) is 12.3. The standard InChI is InChI=1S/C20H14Cl3FN2O2/c21-12-1-4-19(27)16(8-12)20(28)26-18-3-2-15(9-17(18)23)25-10-11-5-13(22)7-14(24)6-11/h1-9,25,27H,10H2,(H,26,28). The van der Waals surface area contributed by atoms with Crippen LogP contribution >= 0.6 is 34.8 Å². The maximum atomic E-state index is 13.4. The van der Waals surface area contributed by atoms with E-state index in [0.29, 0.717) is 33.5 Å². The van der Waals surface area contributed by atoms with Crippen LogP contribution in [0.3, 0.4) is 0 Å². The summed E-state index contributed by atoms with van der Waals surface area (Å²) in [7, 11) is 0. The summed E-state index contributed by atoms with van der Waals surface area (Å²) in [6, 6.07) is 13.4. The van der Waals surface area contributed by atoms with Gasteiger partial charge in [0, 0.05) is 22.3 Å². The highest BCUT2D eigenvalue weighted by molar-refractivity contribution is 6.34. The second kappa shape index (κ2) is 8.69. The maximum absolute atomic E-state index is 13.4. The van der Waals surface area contributed by atoms with Gasteiger partial charge in [0.05, 0.1) is 16.3 Å². The minimum absolute atomic E-state index is 0.0359. The molecule has 28 heavy (non-hydrogen) atoms. The Morgan fingerprint density at radius 1 is 0.964 bits per heavy atom. The van der Waals surface area contributed by atoms with Crippen LogP contribution in [0.4, 0.5) is 15.8 Å². The molecular formula is C20H14Cl3FN2O2. The van der Waals surface area contributed by atoms with Gasteiger partial charge in [0.1, 0.15) is 11.6 Å². The summed E-state index contributed by atoms with van der Waals surface area (Å²) in [5.74, 6) is -1.15. The summed E-state index contributed by atoms with van der Waals surface area (Å²) in [6.07, 6.45) is 0. The molecule has 0 saturated heterocycles. The first kappa shape index (κ1) is 20.3. The number of carbonyl (C=O) groups is 1. The summed E-state index contributed by atoms with van der Waals surface area (Å²) in [5.41, 5.74) is 1.75. The number of phenols is 1. The van der Waals surface area contributed by atoms with Gasteiger partial charge in [-0.3, -0.25) is 4.79 Å². The fraction of sp³-hybridized carbons (Fsp3) is 0.0500. The number of nitrogens with one attached hydrogen (secondary N) is 2. The van der Waals surface area contributed by atoms with Crippen LogP contribution < -0.4 is 10.6 Å². The van der Waals surface area contributed by atoms with Crippen LogP contribution in [0.2, 0.25) is 15.1 Å². The minimum Gasteiger partial charge on any atom is -0.507 e. The quantitative estimate of drug-likeness (QED) is 0.434. The predicted octanol–water partition coefficient (Wildman–Crippen LogP) is 6.36. The number of amides is 1. The van der Waals surface area contributed by atoms with Crippen molar-refractivity contribution in [2.75, 3.05) is 10.6 Å². The van der Waals surface area contributed by atoms with Crippen molar-refractivity contribution in [3.05, 3.63) is 86.6 Å². The van der Waals surface area contributed by atoms with E-state index >= 15 is 0 Å². The molecule has 0 bridgehead atoms. The van der Waals surface area contributed by atoms with E-state index in [1.54, 1.807) is 24.3 Å². The molecule has 144 valence electrons. The number of phenolic OH excluding ortho intramolecular Hbond substituents is 1. The molecule has 1 amide bonds. The van der Waals surface area contributed by atoms with Crippen molar-refractivity contribution in [1.29, 1.82) is 0 Å². The second-order valence-electron chi connectivity index (χ2n) is 5.94. The van der Waals surface area contributed by atoms with Crippen LogP contribution in [0.15, 0.2) is 54.6 Å². The molecule has 0 spiro atoms. The zero-order chi connectivity index (χ0) is 20.3. The summed E-state index contributed by atoms with van der Waals surface area (Å²) < 4.78 is 13.4. The molecule has 0 aliphatic carbocycles. The van der Waals surface area contributed by atoms with Crippen molar-refractivity contribution >= 4 is 52.1 Å². The van der Waals surface area contributed by atoms with E-state index in [0.717, 1.165) is 0 Å². The Balaban J connectivity index is 1.70. The van der Waals surface area contributed by atoms with Gasteiger partial charge in [-0.2, -0.15) is 0 Å². The molecule has 0 saturated carbocycles. The summed E-state index contributed by atoms with van der Waals surface area (Å²) in [6.45, 7) is 0.343. The van der Waals surface area contributed by atoms with E-state index in [-0.39, 0.29) is 16.3 Å². The molecule has 0 radical (unpaired) electrons. The van der Waals surface area contributed by atoms with Crippen LogP contribution in [0, 0.1) is 5.82 Å². The SMILES string of the molecule is O=C(Nc1ccc(NCc2cc(F)cc(Cl)c2)cc1Cl)c1cc(Cl)ccc1O. The number of aromatic hydroxyl groups is 1. The van der Waals surface area contributed by atoms with Crippen LogP contribution in [-0.2, 0) is 6.54 Å². The predicted molar refractivity (Wildman–Crippen MR) is 111 cm³/mol. The molecule has 0 fully saturated rings. The zero-order valence-electron chi connectivity index (χ0n) is 14.3. The molecule has 4 nitrogen and oxygen atoms in total. The number of halogens is 4. The average Bonchev–Trinajstić information content (AvgIpc) is 2.63. The van der Waals surface area contributed by atoms with Gasteiger partial charge >= 0.3 is 0 Å². The van der Waals surface area contributed by atoms with Crippen molar-refractivity contribution in [3.8, 4) is 5.75 Å². The Kier molecular flexibility index (Phi) is 6.29. The molecule has 3 aromatic rings. The Hall–Kier alpha value is -2.47. The molecule has 0 heterocycles. The van der Waals surface area contributed by atoms with Gasteiger partial charge in [0.25, 0.3) is 5.91 Å². The molecule has 0 aliphatic heterocycles. The van der Waals surface area contributed by atoms with Crippen molar-refractivity contribution < 1.29 is 14.3 Å². The molecule has 3 rings (SSSR count). The zero-order valence-corrected chi connectivity index (χ0v) is 16.5. The summed E-state index contributed by atoms with van der Waals surface area (Å²) in [5, 5.41) is 16.5. The lowest BCUT2D eigenvalue weighted by Gasteiger charge is -2.12. The number of benzene rings is 3. The van der Waals surface area contributed by atoms with Crippen molar-refractivity contribution in [2.24, 2.45) is 0 Å². The Morgan fingerprint density at radius 3 is 2.46 bits per heavy atom. The monoisotopic (exact) mass is 438 g/mol. The van der Waals surface area contributed by atoms with Crippen LogP contribution in [0.25, 0.3) is 0 Å². The third kappa shape index (κ3) is 5.07. The minimum atomic E-state index is -0.544. The van der Waals surface area contributed by atoms with Gasteiger partial charge in [-0.1, -0.05) is 34.8 Å². The van der Waals surface area contributed by atoms with Gasteiger partial charge < -0.3 is 15.7 Å². The summed E-state index contributed by atoms with van der Waals surface area (Å²) >= 11 is 17.9. The van der Waals surface area contributed by atoms with Crippen molar-refractivity contribution in [3.63, 3.8) is 0 Å². The molecule has 0 atom stereocenters. The van der Waals surface area contributed by atoms with E-state index in [1.807, 2.05) is 0 Å². The number of hydrogen-bond acceptors (Lipinski definition) is 3. The first-order chi connectivity index (χ1) is 13.3. The molecular weight excluding hydrogens is 426 g/mol. The third-order valence-electron chi connectivity index (χ3n) is 3.84. The van der Waals surface area contributed by atoms with Gasteiger partial charge in [-0.25, -0.2) is 4.39 Å². The van der Waals surface area contributed by atoms with Gasteiger partial charge in [0.2, 0.25) is 0 Å². The Bertz CT molecular complexity index is 1020. The number of rotatable bonds is 5. The first-order valence-corrected chi connectivity index (χ1v) is 9.23. The van der Waals surface area contributed by atoms with E-state index in [1.165, 1.54) is 30.3 Å². The van der Waals surface area contributed by atoms with E-state index in [4.69, 9.17) is 34.8 Å². The lowest BCUT2D eigenvalue weighted by Crippen LogP contribution is -2.12. The van der Waals surface area contributed by atoms with Gasteiger partial charge in [-0.15, -0.1) is 0 Å². The smallest absolute Gasteiger partial charge is 0.259 e. The third-order valence-corrected chi connectivity index (χ3v) is 4.61. The lowest BCUT2D eigenvalue weighted by atomic mass is 10.1. The van der Waals surface area contributed by atoms with E-state index in [2.05, 4.69) is 10.6 Å². The van der Waals surface area contributed by atoms with E-state index < -0.39 is 11.7 Å². The number of anilines is 2. The van der Waals surface area contributed by atoms with Crippen LogP contribution in [0.1, 0.15) is 15.9 Å². The highest BCUT2D eigenvalue weighted by Gasteiger charge is 2.14. The maximum Gasteiger partial charge on any atom is 0.259 e. The van der Waals surface area contributed by atoms with Crippen LogP contribution in [0.5, 0.6) is 5.75 Å². The normalized spacial score (nSPS) is 10.6. The molecule has 8 heteroatoms. The highest BCUT2D eigenvalue weighted by Crippen LogP contribution is 2.28. The molecule has 0 aliphatic rings. The molecule has 3 aromatic carbocycles. The first-order valence-electron chi connectivity index (χ1n) is 8.10. The largest absolute Gasteiger partial charge is 0.507 e. The fourth-order valence-corrected chi connectivity index (χ4v) is 3.17. The Morgan fingerprint density at radius 2 is 1.75 bits per heavy atom. The number of carbonyl (C=O) groups excluding carboxylic acids is 1. The lowest BCUT2D eigenvalue weighted by molar-refractivity contribution is 0.102.